The molecule has 156 valence electrons. The Balaban J connectivity index is 1.54. The number of hydrogen-bond acceptors (Lipinski definition) is 5. The molecular weight excluding hydrogens is 386 g/mol. The van der Waals surface area contributed by atoms with Gasteiger partial charge in [-0.3, -0.25) is 14.2 Å². The minimum absolute atomic E-state index is 0.0171. The Labute approximate surface area is 173 Å². The summed E-state index contributed by atoms with van der Waals surface area (Å²) >= 11 is 0. The average Bonchev–Trinajstić information content (AvgIpc) is 3.35. The van der Waals surface area contributed by atoms with E-state index in [1.807, 2.05) is 24.3 Å². The molecule has 0 spiro atoms. The number of aromatic carboxylic acids is 1. The molecule has 0 aliphatic carbocycles. The van der Waals surface area contributed by atoms with Crippen LogP contribution in [0.5, 0.6) is 5.75 Å². The smallest absolute Gasteiger partial charge is 0.356 e. The van der Waals surface area contributed by atoms with Gasteiger partial charge in [0, 0.05) is 44.0 Å². The summed E-state index contributed by atoms with van der Waals surface area (Å²) in [4.78, 5) is 26.2. The molecule has 0 fully saturated rings. The third-order valence-corrected chi connectivity index (χ3v) is 5.35. The lowest BCUT2D eigenvalue weighted by molar-refractivity contribution is 0.0674. The summed E-state index contributed by atoms with van der Waals surface area (Å²) < 4.78 is 8.52. The summed E-state index contributed by atoms with van der Waals surface area (Å²) in [5.74, 6) is -0.442. The number of rotatable bonds is 6. The Morgan fingerprint density at radius 1 is 1.23 bits per heavy atom. The minimum atomic E-state index is -1.08. The summed E-state index contributed by atoms with van der Waals surface area (Å²) in [6, 6.07) is 7.78. The standard InChI is InChI=1S/C21H23N5O4/c1-24-12-15(11-22-24)20(27)25-9-8-18-17(13-25)19(21(28)29)23-26(18)10-7-14-3-5-16(30-2)6-4-14/h3-6,11-12H,7-10,13H2,1-2H3,(H,28,29). The number of fused-ring (bicyclic) bond motifs is 1. The first-order valence-electron chi connectivity index (χ1n) is 9.69. The molecular formula is C21H23N5O4. The van der Waals surface area contributed by atoms with Crippen LogP contribution < -0.4 is 4.74 Å². The van der Waals surface area contributed by atoms with Gasteiger partial charge < -0.3 is 14.7 Å². The number of carbonyl (C=O) groups is 2. The van der Waals surface area contributed by atoms with E-state index in [2.05, 4.69) is 10.2 Å². The maximum absolute atomic E-state index is 12.8. The molecule has 4 rings (SSSR count). The van der Waals surface area contributed by atoms with Crippen LogP contribution in [0.15, 0.2) is 36.7 Å². The second kappa shape index (κ2) is 8.02. The molecule has 1 aliphatic rings. The van der Waals surface area contributed by atoms with Crippen molar-refractivity contribution in [2.24, 2.45) is 7.05 Å². The molecule has 1 amide bonds. The van der Waals surface area contributed by atoms with Crippen LogP contribution >= 0.6 is 0 Å². The van der Waals surface area contributed by atoms with Gasteiger partial charge in [-0.1, -0.05) is 12.1 Å². The second-order valence-electron chi connectivity index (χ2n) is 7.28. The van der Waals surface area contributed by atoms with Gasteiger partial charge in [-0.2, -0.15) is 10.2 Å². The van der Waals surface area contributed by atoms with Gasteiger partial charge in [0.1, 0.15) is 5.75 Å². The van der Waals surface area contributed by atoms with Crippen molar-refractivity contribution < 1.29 is 19.4 Å². The number of hydrogen-bond donors (Lipinski definition) is 1. The highest BCUT2D eigenvalue weighted by molar-refractivity contribution is 5.94. The molecule has 0 bridgehead atoms. The summed E-state index contributed by atoms with van der Waals surface area (Å²) in [5, 5.41) is 18.0. The fourth-order valence-electron chi connectivity index (χ4n) is 3.76. The number of carboxylic acid groups (broad SMARTS) is 1. The second-order valence-corrected chi connectivity index (χ2v) is 7.28. The van der Waals surface area contributed by atoms with Crippen molar-refractivity contribution >= 4 is 11.9 Å². The Kier molecular flexibility index (Phi) is 5.26. The zero-order valence-corrected chi connectivity index (χ0v) is 16.9. The predicted molar refractivity (Wildman–Crippen MR) is 108 cm³/mol. The van der Waals surface area contributed by atoms with Crippen LogP contribution in [-0.4, -0.2) is 55.1 Å². The maximum Gasteiger partial charge on any atom is 0.356 e. The summed E-state index contributed by atoms with van der Waals surface area (Å²) in [5.41, 5.74) is 3.12. The van der Waals surface area contributed by atoms with Crippen molar-refractivity contribution in [2.45, 2.75) is 25.9 Å². The molecule has 0 saturated carbocycles. The first-order valence-corrected chi connectivity index (χ1v) is 9.69. The molecule has 2 aromatic heterocycles. The molecule has 1 aliphatic heterocycles. The molecule has 0 unspecified atom stereocenters. The lowest BCUT2D eigenvalue weighted by Crippen LogP contribution is -2.36. The van der Waals surface area contributed by atoms with Crippen LogP contribution in [0.3, 0.4) is 0 Å². The molecule has 9 nitrogen and oxygen atoms in total. The van der Waals surface area contributed by atoms with E-state index in [1.54, 1.807) is 34.6 Å². The lowest BCUT2D eigenvalue weighted by atomic mass is 10.0. The molecule has 30 heavy (non-hydrogen) atoms. The van der Waals surface area contributed by atoms with E-state index in [9.17, 15) is 14.7 Å². The molecule has 1 N–H and O–H groups in total. The first-order chi connectivity index (χ1) is 14.5. The molecule has 0 radical (unpaired) electrons. The van der Waals surface area contributed by atoms with Crippen molar-refractivity contribution in [3.8, 4) is 5.75 Å². The topological polar surface area (TPSA) is 102 Å². The van der Waals surface area contributed by atoms with Gasteiger partial charge in [-0.05, 0) is 24.1 Å². The summed E-state index contributed by atoms with van der Waals surface area (Å²) in [7, 11) is 3.38. The highest BCUT2D eigenvalue weighted by Crippen LogP contribution is 2.25. The van der Waals surface area contributed by atoms with E-state index in [0.29, 0.717) is 30.6 Å². The van der Waals surface area contributed by atoms with Gasteiger partial charge in [0.2, 0.25) is 0 Å². The summed E-state index contributed by atoms with van der Waals surface area (Å²) in [6.07, 6.45) is 4.46. The van der Waals surface area contributed by atoms with Crippen molar-refractivity contribution in [1.82, 2.24) is 24.5 Å². The number of ether oxygens (including phenoxy) is 1. The van der Waals surface area contributed by atoms with Gasteiger partial charge in [-0.15, -0.1) is 0 Å². The average molecular weight is 409 g/mol. The molecule has 3 heterocycles. The SMILES string of the molecule is COc1ccc(CCn2nc(C(=O)O)c3c2CCN(C(=O)c2cnn(C)c2)C3)cc1. The third kappa shape index (κ3) is 3.78. The van der Waals surface area contributed by atoms with Crippen molar-refractivity contribution in [2.75, 3.05) is 13.7 Å². The van der Waals surface area contributed by atoms with Crippen LogP contribution in [0.4, 0.5) is 0 Å². The Morgan fingerprint density at radius 2 is 2.00 bits per heavy atom. The largest absolute Gasteiger partial charge is 0.497 e. The molecule has 9 heteroatoms. The zero-order chi connectivity index (χ0) is 21.3. The molecule has 3 aromatic rings. The van der Waals surface area contributed by atoms with E-state index in [0.717, 1.165) is 23.4 Å². The fraction of sp³-hybridized carbons (Fsp3) is 0.333. The lowest BCUT2D eigenvalue weighted by Gasteiger charge is -2.27. The van der Waals surface area contributed by atoms with E-state index in [-0.39, 0.29) is 18.1 Å². The fourth-order valence-corrected chi connectivity index (χ4v) is 3.76. The number of methoxy groups -OCH3 is 1. The number of aryl methyl sites for hydroxylation is 3. The number of carbonyl (C=O) groups excluding carboxylic acids is 1. The zero-order valence-electron chi connectivity index (χ0n) is 16.9. The minimum Gasteiger partial charge on any atom is -0.497 e. The number of nitrogens with zero attached hydrogens (tertiary/aromatic N) is 5. The number of benzene rings is 1. The number of carboxylic acids is 1. The van der Waals surface area contributed by atoms with Crippen LogP contribution in [0.1, 0.15) is 37.7 Å². The van der Waals surface area contributed by atoms with Crippen molar-refractivity contribution in [3.63, 3.8) is 0 Å². The van der Waals surface area contributed by atoms with Gasteiger partial charge >= 0.3 is 5.97 Å². The van der Waals surface area contributed by atoms with Gasteiger partial charge in [0.05, 0.1) is 25.4 Å². The number of amides is 1. The first kappa shape index (κ1) is 19.7. The Bertz CT molecular complexity index is 1080. The Hall–Kier alpha value is -3.62. The van der Waals surface area contributed by atoms with E-state index in [1.165, 1.54) is 6.20 Å². The molecule has 0 saturated heterocycles. The highest BCUT2D eigenvalue weighted by atomic mass is 16.5. The monoisotopic (exact) mass is 409 g/mol. The quantitative estimate of drug-likeness (QED) is 0.666. The van der Waals surface area contributed by atoms with Crippen molar-refractivity contribution in [1.29, 1.82) is 0 Å². The number of aromatic nitrogens is 4. The third-order valence-electron chi connectivity index (χ3n) is 5.35. The van der Waals surface area contributed by atoms with Gasteiger partial charge in [0.15, 0.2) is 5.69 Å². The highest BCUT2D eigenvalue weighted by Gasteiger charge is 2.30. The van der Waals surface area contributed by atoms with Crippen molar-refractivity contribution in [3.05, 3.63) is 64.7 Å². The van der Waals surface area contributed by atoms with E-state index in [4.69, 9.17) is 4.74 Å². The van der Waals surface area contributed by atoms with Gasteiger partial charge in [-0.25, -0.2) is 4.79 Å². The van der Waals surface area contributed by atoms with Gasteiger partial charge in [0.25, 0.3) is 5.91 Å². The molecule has 0 atom stereocenters. The molecule has 1 aromatic carbocycles. The van der Waals surface area contributed by atoms with E-state index < -0.39 is 5.97 Å². The summed E-state index contributed by atoms with van der Waals surface area (Å²) in [6.45, 7) is 1.31. The Morgan fingerprint density at radius 3 is 2.63 bits per heavy atom. The van der Waals surface area contributed by atoms with Crippen LogP contribution in [0.2, 0.25) is 0 Å². The van der Waals surface area contributed by atoms with E-state index >= 15 is 0 Å². The van der Waals surface area contributed by atoms with Crippen LogP contribution in [0, 0.1) is 0 Å². The van der Waals surface area contributed by atoms with Crippen LogP contribution in [0.25, 0.3) is 0 Å². The maximum atomic E-state index is 12.8. The van der Waals surface area contributed by atoms with Crippen LogP contribution in [-0.2, 0) is 33.0 Å². The predicted octanol–water partition coefficient (Wildman–Crippen LogP) is 1.76. The normalized spacial score (nSPS) is 13.2.